The van der Waals surface area contributed by atoms with Crippen LogP contribution in [0, 0.1) is 0 Å². The molecule has 1 unspecified atom stereocenters. The van der Waals surface area contributed by atoms with Crippen molar-refractivity contribution in [2.75, 3.05) is 19.0 Å². The molecule has 1 aliphatic heterocycles. The summed E-state index contributed by atoms with van der Waals surface area (Å²) in [6, 6.07) is 0. The number of aliphatic imine (C=N–C) groups is 1. The predicted molar refractivity (Wildman–Crippen MR) is 66.9 cm³/mol. The summed E-state index contributed by atoms with van der Waals surface area (Å²) in [7, 11) is 1.82. The van der Waals surface area contributed by atoms with Crippen molar-refractivity contribution in [2.45, 2.75) is 16.9 Å². The average Bonchev–Trinajstić information content (AvgIpc) is 2.72. The first kappa shape index (κ1) is 12.4. The molecule has 0 aliphatic carbocycles. The fraction of sp³-hybridized carbons (Fsp3) is 0.556. The zero-order valence-electron chi connectivity index (χ0n) is 9.55. The number of guanidine groups is 1. The molecule has 0 bridgehead atoms. The van der Waals surface area contributed by atoms with E-state index in [1.165, 1.54) is 0 Å². The monoisotopic (exact) mass is 304 g/mol. The number of hydrogen-bond acceptors (Lipinski definition) is 6. The molecule has 2 heterocycles. The first-order valence-corrected chi connectivity index (χ1v) is 7.69. The number of rotatable bonds is 5. The van der Waals surface area contributed by atoms with Gasteiger partial charge in [-0.05, 0) is 0 Å². The van der Waals surface area contributed by atoms with Crippen molar-refractivity contribution in [3.8, 4) is 0 Å². The van der Waals surface area contributed by atoms with Crippen LogP contribution in [0.25, 0.3) is 0 Å². The normalized spacial score (nSPS) is 18.5. The molecule has 0 radical (unpaired) electrons. The number of anilines is 1. The molecule has 0 fully saturated rings. The number of nitrogens with two attached hydrogens (primary N) is 1. The summed E-state index contributed by atoms with van der Waals surface area (Å²) >= 11 is 0.364. The van der Waals surface area contributed by atoms with Crippen molar-refractivity contribution in [1.82, 2.24) is 14.9 Å². The number of nitrogens with one attached hydrogen (secondary N) is 2. The second-order valence-corrected chi connectivity index (χ2v) is 5.79. The molecule has 7 nitrogen and oxygen atoms in total. The number of aromatic nitrogens is 2. The van der Waals surface area contributed by atoms with Crippen LogP contribution in [0.15, 0.2) is 11.3 Å². The van der Waals surface area contributed by atoms with E-state index in [4.69, 9.17) is 10.8 Å². The Labute approximate surface area is 106 Å². The van der Waals surface area contributed by atoms with Crippen LogP contribution >= 0.6 is 0 Å². The molecule has 1 aromatic rings. The Bertz CT molecular complexity index is 418. The van der Waals surface area contributed by atoms with Gasteiger partial charge in [0.2, 0.25) is 0 Å². The predicted octanol–water partition coefficient (Wildman–Crippen LogP) is -1.09. The Morgan fingerprint density at radius 2 is 2.53 bits per heavy atom. The fourth-order valence-electron chi connectivity index (χ4n) is 1.61. The first-order valence-electron chi connectivity index (χ1n) is 5.27. The van der Waals surface area contributed by atoms with E-state index in [9.17, 15) is 0 Å². The van der Waals surface area contributed by atoms with Gasteiger partial charge in [0, 0.05) is 0 Å². The number of imidazole rings is 1. The Balaban J connectivity index is 2.15. The number of fused-ring (bicyclic) bond motifs is 1. The molecule has 8 heteroatoms. The van der Waals surface area contributed by atoms with E-state index in [0.717, 1.165) is 22.3 Å². The summed E-state index contributed by atoms with van der Waals surface area (Å²) in [4.78, 5) is 8.56. The summed E-state index contributed by atoms with van der Waals surface area (Å²) in [6.45, 7) is 0.243. The Morgan fingerprint density at radius 3 is 3.24 bits per heavy atom. The van der Waals surface area contributed by atoms with Gasteiger partial charge in [0.1, 0.15) is 0 Å². The molecule has 5 N–H and O–H groups in total. The van der Waals surface area contributed by atoms with Crippen molar-refractivity contribution in [2.24, 2.45) is 10.7 Å². The van der Waals surface area contributed by atoms with Crippen molar-refractivity contribution < 1.29 is 5.11 Å². The number of aliphatic hydroxyl groups is 1. The molecule has 2 rings (SSSR count). The van der Waals surface area contributed by atoms with Crippen LogP contribution < -0.4 is 16.4 Å². The Kier molecular flexibility index (Phi) is 4.01. The molecular formula is C9H16N6OSe. The van der Waals surface area contributed by atoms with E-state index in [0.29, 0.717) is 20.9 Å². The van der Waals surface area contributed by atoms with Crippen LogP contribution in [0.1, 0.15) is 11.9 Å². The molecule has 1 atom stereocenters. The van der Waals surface area contributed by atoms with Gasteiger partial charge in [-0.3, -0.25) is 0 Å². The van der Waals surface area contributed by atoms with Crippen LogP contribution in [0.2, 0.25) is 5.32 Å². The van der Waals surface area contributed by atoms with Gasteiger partial charge in [0.15, 0.2) is 0 Å². The average molecular weight is 303 g/mol. The second-order valence-electron chi connectivity index (χ2n) is 3.54. The molecule has 1 aromatic heterocycles. The minimum atomic E-state index is -0.183. The van der Waals surface area contributed by atoms with Crippen molar-refractivity contribution in [3.63, 3.8) is 0 Å². The fourth-order valence-corrected chi connectivity index (χ4v) is 2.98. The molecule has 0 aromatic carbocycles. The van der Waals surface area contributed by atoms with Gasteiger partial charge >= 0.3 is 105 Å². The van der Waals surface area contributed by atoms with E-state index < -0.39 is 0 Å². The minimum absolute atomic E-state index is 0.183. The van der Waals surface area contributed by atoms with E-state index in [-0.39, 0.29) is 12.8 Å². The van der Waals surface area contributed by atoms with Gasteiger partial charge < -0.3 is 0 Å². The van der Waals surface area contributed by atoms with Crippen molar-refractivity contribution in [3.05, 3.63) is 12.0 Å². The van der Waals surface area contributed by atoms with E-state index in [1.807, 2.05) is 11.6 Å². The van der Waals surface area contributed by atoms with Crippen molar-refractivity contribution in [1.29, 1.82) is 0 Å². The molecule has 0 saturated carbocycles. The zero-order chi connectivity index (χ0) is 12.3. The summed E-state index contributed by atoms with van der Waals surface area (Å²) in [5.41, 5.74) is 7.45. The third-order valence-corrected chi connectivity index (χ3v) is 4.33. The number of nitrogens with zero attached hydrogens (tertiary/aromatic N) is 3. The standard InChI is InChI=1S/C9H16N6OSe/c1-11-7-6-8(14-9(10)13-7)15(4-12-6)5-17-3-2-16/h4,7,11,16H,2-3,5H2,1H3,(H3,10,13,14). The van der Waals surface area contributed by atoms with Gasteiger partial charge in [-0.15, -0.1) is 0 Å². The van der Waals surface area contributed by atoms with Gasteiger partial charge in [0.05, 0.1) is 0 Å². The third-order valence-electron chi connectivity index (χ3n) is 2.38. The van der Waals surface area contributed by atoms with E-state index >= 15 is 0 Å². The molecule has 94 valence electrons. The first-order chi connectivity index (χ1) is 8.26. The molecule has 1 aliphatic rings. The van der Waals surface area contributed by atoms with Crippen LogP contribution in [-0.4, -0.2) is 49.2 Å². The van der Waals surface area contributed by atoms with E-state index in [1.54, 1.807) is 6.33 Å². The van der Waals surface area contributed by atoms with Gasteiger partial charge in [-0.25, -0.2) is 0 Å². The Hall–Kier alpha value is -1.08. The second kappa shape index (κ2) is 5.50. The van der Waals surface area contributed by atoms with Crippen LogP contribution in [0.4, 0.5) is 5.82 Å². The van der Waals surface area contributed by atoms with Crippen LogP contribution in [0.5, 0.6) is 0 Å². The quantitative estimate of drug-likeness (QED) is 0.409. The van der Waals surface area contributed by atoms with Crippen LogP contribution in [0.3, 0.4) is 0 Å². The van der Waals surface area contributed by atoms with Gasteiger partial charge in [-0.1, -0.05) is 0 Å². The maximum absolute atomic E-state index is 8.78. The maximum atomic E-state index is 8.78. The molecule has 0 spiro atoms. The number of aliphatic hydroxyl groups excluding tert-OH is 1. The zero-order valence-corrected chi connectivity index (χ0v) is 11.3. The summed E-state index contributed by atoms with van der Waals surface area (Å²) in [5.74, 6) is 1.30. The SMILES string of the molecule is CNC1N=C(N)Nc2c1ncn2C[Se]CCO. The topological polar surface area (TPSA) is 100 Å². The summed E-state index contributed by atoms with van der Waals surface area (Å²) in [6.07, 6.45) is 1.60. The van der Waals surface area contributed by atoms with Gasteiger partial charge in [0.25, 0.3) is 0 Å². The molecular weight excluding hydrogens is 287 g/mol. The number of hydrogen-bond donors (Lipinski definition) is 4. The molecule has 0 amide bonds. The van der Waals surface area contributed by atoms with Gasteiger partial charge in [-0.2, -0.15) is 0 Å². The van der Waals surface area contributed by atoms with Crippen molar-refractivity contribution >= 4 is 26.7 Å². The van der Waals surface area contributed by atoms with Crippen LogP contribution in [-0.2, 0) is 5.44 Å². The Morgan fingerprint density at radius 1 is 1.71 bits per heavy atom. The summed E-state index contributed by atoms with van der Waals surface area (Å²) < 4.78 is 2.02. The van der Waals surface area contributed by atoms with E-state index in [2.05, 4.69) is 20.6 Å². The third kappa shape index (κ3) is 2.60. The summed E-state index contributed by atoms with van der Waals surface area (Å²) in [5, 5.41) is 15.7. The molecule has 17 heavy (non-hydrogen) atoms. The molecule has 0 saturated heterocycles.